The van der Waals surface area contributed by atoms with Crippen molar-refractivity contribution in [2.45, 2.75) is 4.34 Å². The Labute approximate surface area is 172 Å². The molecular formula is C17H14FN5O4S2. The second-order valence-corrected chi connectivity index (χ2v) is 7.66. The molecule has 0 saturated heterocycles. The molecule has 0 aliphatic carbocycles. The number of methoxy groups -OCH3 is 1. The zero-order valence-electron chi connectivity index (χ0n) is 14.9. The predicted molar refractivity (Wildman–Crippen MR) is 109 cm³/mol. The Morgan fingerprint density at radius 3 is 2.83 bits per heavy atom. The molecular weight excluding hydrogens is 421 g/mol. The standard InChI is InChI=1S/C17H14FN5O4S2/c1-27-14-5-3-2-4-12(14)20-16-21-22-17(29-16)28-9-15(24)19-13-8-10(23(25)26)6-7-11(13)18/h2-8H,9H2,1H3,(H,19,24)(H,20,21). The lowest BCUT2D eigenvalue weighted by molar-refractivity contribution is -0.384. The van der Waals surface area contributed by atoms with Gasteiger partial charge in [0.2, 0.25) is 11.0 Å². The summed E-state index contributed by atoms with van der Waals surface area (Å²) in [7, 11) is 1.56. The highest BCUT2D eigenvalue weighted by molar-refractivity contribution is 8.01. The Kier molecular flexibility index (Phi) is 6.57. The van der Waals surface area contributed by atoms with E-state index >= 15 is 0 Å². The highest BCUT2D eigenvalue weighted by Crippen LogP contribution is 2.31. The first kappa shape index (κ1) is 20.5. The average molecular weight is 435 g/mol. The van der Waals surface area contributed by atoms with Crippen molar-refractivity contribution >= 4 is 51.2 Å². The van der Waals surface area contributed by atoms with Crippen molar-refractivity contribution in [3.63, 3.8) is 0 Å². The SMILES string of the molecule is COc1ccccc1Nc1nnc(SCC(=O)Nc2cc([N+](=O)[O-])ccc2F)s1. The van der Waals surface area contributed by atoms with Crippen molar-refractivity contribution in [2.24, 2.45) is 0 Å². The molecule has 2 aromatic carbocycles. The van der Waals surface area contributed by atoms with Gasteiger partial charge in [0.25, 0.3) is 5.69 Å². The summed E-state index contributed by atoms with van der Waals surface area (Å²) in [5.74, 6) is -0.696. The summed E-state index contributed by atoms with van der Waals surface area (Å²) in [4.78, 5) is 22.2. The number of benzene rings is 2. The van der Waals surface area contributed by atoms with Crippen LogP contribution in [-0.4, -0.2) is 33.9 Å². The van der Waals surface area contributed by atoms with E-state index in [9.17, 15) is 19.3 Å². The third-order valence-corrected chi connectivity index (χ3v) is 5.49. The zero-order chi connectivity index (χ0) is 20.8. The van der Waals surface area contributed by atoms with Gasteiger partial charge in [-0.25, -0.2) is 4.39 Å². The van der Waals surface area contributed by atoms with E-state index in [1.165, 1.54) is 11.3 Å². The van der Waals surface area contributed by atoms with E-state index in [0.717, 1.165) is 35.6 Å². The van der Waals surface area contributed by atoms with Gasteiger partial charge in [0.05, 0.1) is 29.2 Å². The number of thioether (sulfide) groups is 1. The average Bonchev–Trinajstić information content (AvgIpc) is 3.15. The highest BCUT2D eigenvalue weighted by Gasteiger charge is 2.14. The highest BCUT2D eigenvalue weighted by atomic mass is 32.2. The number of hydrogen-bond acceptors (Lipinski definition) is 9. The molecule has 29 heavy (non-hydrogen) atoms. The van der Waals surface area contributed by atoms with Crippen molar-refractivity contribution in [2.75, 3.05) is 23.5 Å². The summed E-state index contributed by atoms with van der Waals surface area (Å²) in [6, 6.07) is 10.2. The molecule has 0 bridgehead atoms. The number of ether oxygens (including phenoxy) is 1. The lowest BCUT2D eigenvalue weighted by Gasteiger charge is -2.07. The van der Waals surface area contributed by atoms with Crippen LogP contribution in [0.3, 0.4) is 0 Å². The summed E-state index contributed by atoms with van der Waals surface area (Å²) in [5.41, 5.74) is 0.160. The molecule has 12 heteroatoms. The minimum Gasteiger partial charge on any atom is -0.495 e. The number of anilines is 3. The molecule has 1 amide bonds. The predicted octanol–water partition coefficient (Wildman–Crippen LogP) is 4.07. The van der Waals surface area contributed by atoms with Crippen molar-refractivity contribution in [1.82, 2.24) is 10.2 Å². The van der Waals surface area contributed by atoms with Crippen LogP contribution < -0.4 is 15.4 Å². The molecule has 1 heterocycles. The molecule has 0 aliphatic heterocycles. The topological polar surface area (TPSA) is 119 Å². The fourth-order valence-corrected chi connectivity index (χ4v) is 3.78. The smallest absolute Gasteiger partial charge is 0.271 e. The Bertz CT molecular complexity index is 1050. The summed E-state index contributed by atoms with van der Waals surface area (Å²) in [5, 5.41) is 24.7. The van der Waals surface area contributed by atoms with Gasteiger partial charge in [0.15, 0.2) is 4.34 Å². The summed E-state index contributed by atoms with van der Waals surface area (Å²) < 4.78 is 19.5. The largest absolute Gasteiger partial charge is 0.495 e. The van der Waals surface area contributed by atoms with Crippen molar-refractivity contribution in [3.8, 4) is 5.75 Å². The van der Waals surface area contributed by atoms with Crippen LogP contribution in [0.2, 0.25) is 0 Å². The summed E-state index contributed by atoms with van der Waals surface area (Å²) in [6.07, 6.45) is 0. The number of rotatable bonds is 8. The van der Waals surface area contributed by atoms with Gasteiger partial charge in [-0.2, -0.15) is 0 Å². The van der Waals surface area contributed by atoms with Gasteiger partial charge in [0, 0.05) is 12.1 Å². The first-order valence-electron chi connectivity index (χ1n) is 8.06. The van der Waals surface area contributed by atoms with E-state index in [1.54, 1.807) is 13.2 Å². The van der Waals surface area contributed by atoms with Crippen LogP contribution in [0.1, 0.15) is 0 Å². The molecule has 0 radical (unpaired) electrons. The fraction of sp³-hybridized carbons (Fsp3) is 0.118. The fourth-order valence-electron chi connectivity index (χ4n) is 2.22. The molecule has 1 aromatic heterocycles. The molecule has 3 aromatic rings. The van der Waals surface area contributed by atoms with Crippen LogP contribution >= 0.6 is 23.1 Å². The maximum absolute atomic E-state index is 13.7. The first-order valence-corrected chi connectivity index (χ1v) is 9.86. The molecule has 0 fully saturated rings. The third kappa shape index (κ3) is 5.39. The Morgan fingerprint density at radius 2 is 2.07 bits per heavy atom. The summed E-state index contributed by atoms with van der Waals surface area (Å²) in [6.45, 7) is 0. The van der Waals surface area contributed by atoms with Crippen LogP contribution in [0, 0.1) is 15.9 Å². The number of nitro groups is 1. The zero-order valence-corrected chi connectivity index (χ0v) is 16.6. The van der Waals surface area contributed by atoms with Crippen LogP contribution in [0.25, 0.3) is 0 Å². The van der Waals surface area contributed by atoms with Gasteiger partial charge < -0.3 is 15.4 Å². The van der Waals surface area contributed by atoms with Gasteiger partial charge in [-0.3, -0.25) is 14.9 Å². The number of halogens is 1. The quantitative estimate of drug-likeness (QED) is 0.309. The van der Waals surface area contributed by atoms with E-state index in [1.807, 2.05) is 18.2 Å². The normalized spacial score (nSPS) is 10.4. The minimum absolute atomic E-state index is 0.0641. The van der Waals surface area contributed by atoms with E-state index in [4.69, 9.17) is 4.74 Å². The van der Waals surface area contributed by atoms with Gasteiger partial charge in [-0.05, 0) is 18.2 Å². The number of carbonyl (C=O) groups is 1. The van der Waals surface area contributed by atoms with Crippen molar-refractivity contribution < 1.29 is 18.8 Å². The van der Waals surface area contributed by atoms with E-state index < -0.39 is 16.6 Å². The van der Waals surface area contributed by atoms with Gasteiger partial charge in [-0.1, -0.05) is 35.2 Å². The Hall–Kier alpha value is -3.25. The van der Waals surface area contributed by atoms with Crippen LogP contribution in [0.15, 0.2) is 46.8 Å². The molecule has 9 nitrogen and oxygen atoms in total. The Balaban J connectivity index is 1.58. The van der Waals surface area contributed by atoms with Crippen molar-refractivity contribution in [3.05, 3.63) is 58.4 Å². The van der Waals surface area contributed by atoms with E-state index in [-0.39, 0.29) is 17.1 Å². The molecule has 0 saturated carbocycles. The lowest BCUT2D eigenvalue weighted by atomic mass is 10.2. The number of nitrogens with zero attached hydrogens (tertiary/aromatic N) is 3. The molecule has 2 N–H and O–H groups in total. The molecule has 0 spiro atoms. The number of carbonyl (C=O) groups excluding carboxylic acids is 1. The maximum atomic E-state index is 13.7. The molecule has 0 unspecified atom stereocenters. The number of hydrogen-bond donors (Lipinski definition) is 2. The first-order chi connectivity index (χ1) is 14.0. The van der Waals surface area contributed by atoms with Crippen molar-refractivity contribution in [1.29, 1.82) is 0 Å². The molecule has 0 aliphatic rings. The monoisotopic (exact) mass is 435 g/mol. The van der Waals surface area contributed by atoms with E-state index in [2.05, 4.69) is 20.8 Å². The number of para-hydroxylation sites is 2. The van der Waals surface area contributed by atoms with Crippen LogP contribution in [0.5, 0.6) is 5.75 Å². The van der Waals surface area contributed by atoms with E-state index in [0.29, 0.717) is 15.2 Å². The third-order valence-electron chi connectivity index (χ3n) is 3.52. The summed E-state index contributed by atoms with van der Waals surface area (Å²) >= 11 is 2.35. The number of aromatic nitrogens is 2. The lowest BCUT2D eigenvalue weighted by Crippen LogP contribution is -2.15. The number of non-ortho nitro benzene ring substituents is 1. The van der Waals surface area contributed by atoms with Gasteiger partial charge in [-0.15, -0.1) is 10.2 Å². The number of nitro benzene ring substituents is 1. The van der Waals surface area contributed by atoms with Crippen LogP contribution in [-0.2, 0) is 4.79 Å². The van der Waals surface area contributed by atoms with Gasteiger partial charge in [0.1, 0.15) is 11.6 Å². The second kappa shape index (κ2) is 9.30. The minimum atomic E-state index is -0.756. The van der Waals surface area contributed by atoms with Gasteiger partial charge >= 0.3 is 0 Å². The number of amides is 1. The molecule has 0 atom stereocenters. The molecule has 3 rings (SSSR count). The molecule has 150 valence electrons. The number of nitrogens with one attached hydrogen (secondary N) is 2. The second-order valence-electron chi connectivity index (χ2n) is 5.46. The van der Waals surface area contributed by atoms with Crippen LogP contribution in [0.4, 0.5) is 26.6 Å². The maximum Gasteiger partial charge on any atom is 0.271 e. The Morgan fingerprint density at radius 1 is 1.28 bits per heavy atom.